The normalized spacial score (nSPS) is 10.1. The summed E-state index contributed by atoms with van der Waals surface area (Å²) < 4.78 is 5.43. The van der Waals surface area contributed by atoms with Crippen LogP contribution in [-0.4, -0.2) is 22.9 Å². The summed E-state index contributed by atoms with van der Waals surface area (Å²) in [6.07, 6.45) is 4.28. The maximum atomic E-state index is 10.9. The van der Waals surface area contributed by atoms with Crippen molar-refractivity contribution in [3.63, 3.8) is 0 Å². The number of nitrogens with zero attached hydrogens (tertiary/aromatic N) is 2. The molecule has 0 aliphatic carbocycles. The average Bonchev–Trinajstić information content (AvgIpc) is 2.39. The van der Waals surface area contributed by atoms with E-state index in [2.05, 4.69) is 9.97 Å². The Labute approximate surface area is 106 Å². The molecule has 0 atom stereocenters. The SMILES string of the molecule is CCOc1cc(C=O)cc(-c2cnc(C)nc2)c1. The minimum absolute atomic E-state index is 0.562. The summed E-state index contributed by atoms with van der Waals surface area (Å²) >= 11 is 0. The lowest BCUT2D eigenvalue weighted by Crippen LogP contribution is -1.94. The molecule has 0 radical (unpaired) electrons. The zero-order chi connectivity index (χ0) is 13.0. The van der Waals surface area contributed by atoms with Gasteiger partial charge in [0.1, 0.15) is 17.9 Å². The summed E-state index contributed by atoms with van der Waals surface area (Å²) in [5, 5.41) is 0. The Morgan fingerprint density at radius 3 is 2.50 bits per heavy atom. The molecule has 0 unspecified atom stereocenters. The zero-order valence-electron chi connectivity index (χ0n) is 10.4. The van der Waals surface area contributed by atoms with E-state index < -0.39 is 0 Å². The van der Waals surface area contributed by atoms with Crippen LogP contribution < -0.4 is 4.74 Å². The zero-order valence-corrected chi connectivity index (χ0v) is 10.4. The van der Waals surface area contributed by atoms with Crippen LogP contribution in [0.25, 0.3) is 11.1 Å². The molecule has 92 valence electrons. The molecule has 4 heteroatoms. The Balaban J connectivity index is 2.45. The summed E-state index contributed by atoms with van der Waals surface area (Å²) in [5.74, 6) is 1.40. The number of aryl methyl sites for hydroxylation is 1. The number of aldehydes is 1. The lowest BCUT2D eigenvalue weighted by atomic mass is 10.1. The first-order chi connectivity index (χ1) is 8.72. The van der Waals surface area contributed by atoms with Crippen molar-refractivity contribution in [2.24, 2.45) is 0 Å². The molecule has 0 spiro atoms. The molecule has 0 aliphatic heterocycles. The monoisotopic (exact) mass is 242 g/mol. The Hall–Kier alpha value is -2.23. The highest BCUT2D eigenvalue weighted by atomic mass is 16.5. The van der Waals surface area contributed by atoms with Gasteiger partial charge in [-0.25, -0.2) is 9.97 Å². The summed E-state index contributed by atoms with van der Waals surface area (Å²) in [5.41, 5.74) is 2.32. The van der Waals surface area contributed by atoms with Gasteiger partial charge in [0, 0.05) is 23.5 Å². The third-order valence-electron chi connectivity index (χ3n) is 2.49. The molecular weight excluding hydrogens is 228 g/mol. The van der Waals surface area contributed by atoms with Gasteiger partial charge in [-0.15, -0.1) is 0 Å². The Bertz CT molecular complexity index is 550. The van der Waals surface area contributed by atoms with E-state index in [9.17, 15) is 4.79 Å². The van der Waals surface area contributed by atoms with Crippen molar-refractivity contribution in [2.45, 2.75) is 13.8 Å². The molecule has 2 rings (SSSR count). The molecule has 0 fully saturated rings. The van der Waals surface area contributed by atoms with Crippen molar-refractivity contribution in [1.82, 2.24) is 9.97 Å². The molecule has 0 bridgehead atoms. The number of carbonyl (C=O) groups is 1. The molecule has 0 saturated heterocycles. The highest BCUT2D eigenvalue weighted by Crippen LogP contribution is 2.24. The van der Waals surface area contributed by atoms with Gasteiger partial charge in [-0.2, -0.15) is 0 Å². The highest BCUT2D eigenvalue weighted by Gasteiger charge is 2.04. The standard InChI is InChI=1S/C14H14N2O2/c1-3-18-14-5-11(9-17)4-12(6-14)13-7-15-10(2)16-8-13/h4-9H,3H2,1-2H3. The van der Waals surface area contributed by atoms with Gasteiger partial charge in [-0.3, -0.25) is 4.79 Å². The molecule has 18 heavy (non-hydrogen) atoms. The van der Waals surface area contributed by atoms with Gasteiger partial charge in [0.2, 0.25) is 0 Å². The predicted octanol–water partition coefficient (Wildman–Crippen LogP) is 2.66. The quantitative estimate of drug-likeness (QED) is 0.773. The van der Waals surface area contributed by atoms with Crippen LogP contribution in [-0.2, 0) is 0 Å². The lowest BCUT2D eigenvalue weighted by molar-refractivity contribution is 0.112. The van der Waals surface area contributed by atoms with E-state index in [-0.39, 0.29) is 0 Å². The molecule has 0 aliphatic rings. The fraction of sp³-hybridized carbons (Fsp3) is 0.214. The molecule has 4 nitrogen and oxygen atoms in total. The molecule has 0 saturated carbocycles. The van der Waals surface area contributed by atoms with Crippen LogP contribution in [0, 0.1) is 6.92 Å². The first-order valence-corrected chi connectivity index (χ1v) is 5.75. The van der Waals surface area contributed by atoms with Crippen LogP contribution in [0.15, 0.2) is 30.6 Å². The number of hydrogen-bond acceptors (Lipinski definition) is 4. The number of rotatable bonds is 4. The Kier molecular flexibility index (Phi) is 3.67. The Morgan fingerprint density at radius 1 is 1.17 bits per heavy atom. The summed E-state index contributed by atoms with van der Waals surface area (Å²) in [6.45, 7) is 4.30. The second-order valence-electron chi connectivity index (χ2n) is 3.86. The first kappa shape index (κ1) is 12.2. The number of carbonyl (C=O) groups excluding carboxylic acids is 1. The van der Waals surface area contributed by atoms with E-state index in [1.165, 1.54) is 0 Å². The number of benzene rings is 1. The van der Waals surface area contributed by atoms with Gasteiger partial charge in [-0.05, 0) is 37.6 Å². The minimum Gasteiger partial charge on any atom is -0.494 e. The molecule has 0 N–H and O–H groups in total. The molecule has 1 aromatic carbocycles. The van der Waals surface area contributed by atoms with Crippen LogP contribution in [0.2, 0.25) is 0 Å². The average molecular weight is 242 g/mol. The van der Waals surface area contributed by atoms with E-state index >= 15 is 0 Å². The maximum Gasteiger partial charge on any atom is 0.150 e. The van der Waals surface area contributed by atoms with Gasteiger partial charge in [0.15, 0.2) is 0 Å². The topological polar surface area (TPSA) is 52.1 Å². The smallest absolute Gasteiger partial charge is 0.150 e. The van der Waals surface area contributed by atoms with Gasteiger partial charge < -0.3 is 4.74 Å². The van der Waals surface area contributed by atoms with Gasteiger partial charge >= 0.3 is 0 Å². The van der Waals surface area contributed by atoms with Crippen molar-refractivity contribution in [2.75, 3.05) is 6.61 Å². The summed E-state index contributed by atoms with van der Waals surface area (Å²) in [4.78, 5) is 19.2. The van der Waals surface area contributed by atoms with Crippen molar-refractivity contribution in [3.05, 3.63) is 42.0 Å². The van der Waals surface area contributed by atoms with Crippen LogP contribution in [0.5, 0.6) is 5.75 Å². The van der Waals surface area contributed by atoms with Crippen molar-refractivity contribution >= 4 is 6.29 Å². The van der Waals surface area contributed by atoms with E-state index in [0.29, 0.717) is 17.9 Å². The molecular formula is C14H14N2O2. The fourth-order valence-electron chi connectivity index (χ4n) is 1.65. The highest BCUT2D eigenvalue weighted by molar-refractivity contribution is 5.80. The minimum atomic E-state index is 0.562. The van der Waals surface area contributed by atoms with Crippen molar-refractivity contribution in [3.8, 4) is 16.9 Å². The third-order valence-corrected chi connectivity index (χ3v) is 2.49. The van der Waals surface area contributed by atoms with Crippen LogP contribution in [0.4, 0.5) is 0 Å². The molecule has 1 aromatic heterocycles. The van der Waals surface area contributed by atoms with E-state index in [4.69, 9.17) is 4.74 Å². The number of hydrogen-bond donors (Lipinski definition) is 0. The Morgan fingerprint density at radius 2 is 1.89 bits per heavy atom. The van der Waals surface area contributed by atoms with Gasteiger partial charge in [0.05, 0.1) is 6.61 Å². The fourth-order valence-corrected chi connectivity index (χ4v) is 1.65. The van der Waals surface area contributed by atoms with Crippen molar-refractivity contribution < 1.29 is 9.53 Å². The second kappa shape index (κ2) is 5.40. The lowest BCUT2D eigenvalue weighted by Gasteiger charge is -2.07. The largest absolute Gasteiger partial charge is 0.494 e. The first-order valence-electron chi connectivity index (χ1n) is 5.75. The predicted molar refractivity (Wildman–Crippen MR) is 68.8 cm³/mol. The summed E-state index contributed by atoms with van der Waals surface area (Å²) in [7, 11) is 0. The van der Waals surface area contributed by atoms with Crippen molar-refractivity contribution in [1.29, 1.82) is 0 Å². The summed E-state index contributed by atoms with van der Waals surface area (Å²) in [6, 6.07) is 5.39. The maximum absolute atomic E-state index is 10.9. The number of ether oxygens (including phenoxy) is 1. The molecule has 1 heterocycles. The van der Waals surface area contributed by atoms with Crippen LogP contribution in [0.3, 0.4) is 0 Å². The van der Waals surface area contributed by atoms with Crippen LogP contribution in [0.1, 0.15) is 23.1 Å². The molecule has 0 amide bonds. The van der Waals surface area contributed by atoms with Gasteiger partial charge in [0.25, 0.3) is 0 Å². The van der Waals surface area contributed by atoms with E-state index in [1.807, 2.05) is 19.9 Å². The third kappa shape index (κ3) is 2.71. The van der Waals surface area contributed by atoms with Gasteiger partial charge in [-0.1, -0.05) is 0 Å². The molecule has 2 aromatic rings. The van der Waals surface area contributed by atoms with E-state index in [0.717, 1.165) is 23.2 Å². The van der Waals surface area contributed by atoms with E-state index in [1.54, 1.807) is 24.5 Å². The second-order valence-corrected chi connectivity index (χ2v) is 3.86. The number of aromatic nitrogens is 2. The van der Waals surface area contributed by atoms with Crippen LogP contribution >= 0.6 is 0 Å².